The maximum Gasteiger partial charge on any atom is 0.250 e. The lowest BCUT2D eigenvalue weighted by atomic mass is 10.0. The molecule has 1 rings (SSSR count). The highest BCUT2D eigenvalue weighted by Gasteiger charge is 2.19. The average Bonchev–Trinajstić information content (AvgIpc) is 2.63. The zero-order valence-electron chi connectivity index (χ0n) is 16.4. The maximum absolute atomic E-state index is 11.7. The monoisotopic (exact) mass is 379 g/mol. The first-order valence-electron chi connectivity index (χ1n) is 10.1. The third kappa shape index (κ3) is 9.96. The van der Waals surface area contributed by atoms with E-state index in [1.807, 2.05) is 24.3 Å². The summed E-state index contributed by atoms with van der Waals surface area (Å²) in [6.07, 6.45) is 14.5. The number of Topliss-reactive ketones (excluding diaryl/α,β-unsaturated/α-hetero) is 1. The molecular weight excluding hydrogens is 346 g/mol. The average molecular weight is 380 g/mol. The molecule has 1 aromatic rings. The zero-order chi connectivity index (χ0) is 19.2. The molecular formula is C22H34ClNO2. The highest BCUT2D eigenvalue weighted by atomic mass is 35.5. The van der Waals surface area contributed by atoms with Crippen LogP contribution in [-0.2, 0) is 16.0 Å². The van der Waals surface area contributed by atoms with E-state index in [2.05, 4.69) is 12.2 Å². The van der Waals surface area contributed by atoms with Crippen molar-refractivity contribution in [2.24, 2.45) is 0 Å². The van der Waals surface area contributed by atoms with Gasteiger partial charge in [-0.15, -0.1) is 11.6 Å². The third-order valence-corrected chi connectivity index (χ3v) is 5.13. The zero-order valence-corrected chi connectivity index (χ0v) is 17.1. The van der Waals surface area contributed by atoms with Crippen molar-refractivity contribution in [2.75, 3.05) is 5.32 Å². The van der Waals surface area contributed by atoms with E-state index in [9.17, 15) is 9.59 Å². The van der Waals surface area contributed by atoms with Crippen LogP contribution in [0.25, 0.3) is 0 Å². The molecule has 1 unspecified atom stereocenters. The molecule has 1 aromatic carbocycles. The largest absolute Gasteiger partial charge is 0.324 e. The van der Waals surface area contributed by atoms with E-state index < -0.39 is 11.3 Å². The molecule has 1 amide bonds. The van der Waals surface area contributed by atoms with Crippen molar-refractivity contribution in [1.29, 1.82) is 0 Å². The summed E-state index contributed by atoms with van der Waals surface area (Å²) >= 11 is 5.74. The summed E-state index contributed by atoms with van der Waals surface area (Å²) < 4.78 is 0. The van der Waals surface area contributed by atoms with Crippen LogP contribution in [0.1, 0.15) is 83.6 Å². The lowest BCUT2D eigenvalue weighted by Crippen LogP contribution is -2.28. The Kier molecular flexibility index (Phi) is 12.0. The van der Waals surface area contributed by atoms with Gasteiger partial charge in [-0.1, -0.05) is 76.8 Å². The van der Waals surface area contributed by atoms with Crippen LogP contribution in [0.3, 0.4) is 0 Å². The number of halogens is 1. The Morgan fingerprint density at radius 3 is 1.88 bits per heavy atom. The number of nitrogens with one attached hydrogen (secondary N) is 1. The normalized spacial score (nSPS) is 12.0. The molecule has 0 saturated carbocycles. The smallest absolute Gasteiger partial charge is 0.250 e. The molecule has 0 aliphatic heterocycles. The highest BCUT2D eigenvalue weighted by molar-refractivity contribution is 6.43. The quantitative estimate of drug-likeness (QED) is 0.234. The first-order chi connectivity index (χ1) is 12.5. The minimum absolute atomic E-state index is 0.346. The Balaban J connectivity index is 2.13. The molecule has 0 fully saturated rings. The number of ketones is 1. The van der Waals surface area contributed by atoms with E-state index >= 15 is 0 Å². The SMILES string of the molecule is CCCCCCCCCCCCc1ccc(NC(=O)C(Cl)C(C)=O)cc1. The van der Waals surface area contributed by atoms with Gasteiger partial charge in [0.2, 0.25) is 5.91 Å². The number of anilines is 1. The number of alkyl halides is 1. The van der Waals surface area contributed by atoms with Gasteiger partial charge in [0, 0.05) is 5.69 Å². The van der Waals surface area contributed by atoms with Gasteiger partial charge in [-0.05, 0) is 37.5 Å². The van der Waals surface area contributed by atoms with Crippen molar-refractivity contribution >= 4 is 29.0 Å². The number of amides is 1. The Morgan fingerprint density at radius 2 is 1.38 bits per heavy atom. The standard InChI is InChI=1S/C22H34ClNO2/c1-3-4-5-6-7-8-9-10-11-12-13-19-14-16-20(17-15-19)24-22(26)21(23)18(2)25/h14-17,21H,3-13H2,1-2H3,(H,24,26). The second kappa shape index (κ2) is 13.8. The van der Waals surface area contributed by atoms with E-state index in [4.69, 9.17) is 11.6 Å². The summed E-state index contributed by atoms with van der Waals surface area (Å²) in [6.45, 7) is 3.57. The summed E-state index contributed by atoms with van der Waals surface area (Å²) in [6, 6.07) is 7.79. The van der Waals surface area contributed by atoms with Gasteiger partial charge in [0.1, 0.15) is 0 Å². The number of hydrogen-bond donors (Lipinski definition) is 1. The summed E-state index contributed by atoms with van der Waals surface area (Å²) in [5, 5.41) is 1.54. The molecule has 1 atom stereocenters. The second-order valence-electron chi connectivity index (χ2n) is 7.09. The number of benzene rings is 1. The predicted molar refractivity (Wildman–Crippen MR) is 111 cm³/mol. The lowest BCUT2D eigenvalue weighted by molar-refractivity contribution is -0.123. The molecule has 26 heavy (non-hydrogen) atoms. The van der Waals surface area contributed by atoms with Crippen molar-refractivity contribution in [3.05, 3.63) is 29.8 Å². The molecule has 1 N–H and O–H groups in total. The molecule has 0 saturated heterocycles. The summed E-state index contributed by atoms with van der Waals surface area (Å²) in [5.74, 6) is -0.816. The molecule has 4 heteroatoms. The molecule has 0 aliphatic carbocycles. The van der Waals surface area contributed by atoms with Crippen LogP contribution < -0.4 is 5.32 Å². The van der Waals surface area contributed by atoms with Crippen LogP contribution in [-0.4, -0.2) is 17.1 Å². The molecule has 3 nitrogen and oxygen atoms in total. The topological polar surface area (TPSA) is 46.2 Å². The maximum atomic E-state index is 11.7. The molecule has 0 heterocycles. The van der Waals surface area contributed by atoms with Gasteiger partial charge >= 0.3 is 0 Å². The lowest BCUT2D eigenvalue weighted by Gasteiger charge is -2.09. The third-order valence-electron chi connectivity index (χ3n) is 4.63. The molecule has 0 bridgehead atoms. The van der Waals surface area contributed by atoms with Crippen LogP contribution in [0.5, 0.6) is 0 Å². The van der Waals surface area contributed by atoms with E-state index in [1.165, 1.54) is 76.7 Å². The molecule has 0 aromatic heterocycles. The van der Waals surface area contributed by atoms with E-state index in [-0.39, 0.29) is 5.78 Å². The van der Waals surface area contributed by atoms with Gasteiger partial charge in [0.15, 0.2) is 11.2 Å². The Bertz CT molecular complexity index is 527. The molecule has 0 aliphatic rings. The number of aryl methyl sites for hydroxylation is 1. The van der Waals surface area contributed by atoms with Crippen molar-refractivity contribution in [3.63, 3.8) is 0 Å². The number of unbranched alkanes of at least 4 members (excludes halogenated alkanes) is 9. The van der Waals surface area contributed by atoms with Crippen LogP contribution in [0.15, 0.2) is 24.3 Å². The van der Waals surface area contributed by atoms with Crippen LogP contribution in [0.2, 0.25) is 0 Å². The number of rotatable bonds is 14. The van der Waals surface area contributed by atoms with E-state index in [0.717, 1.165) is 6.42 Å². The van der Waals surface area contributed by atoms with E-state index in [1.54, 1.807) is 0 Å². The van der Waals surface area contributed by atoms with Crippen molar-refractivity contribution < 1.29 is 9.59 Å². The second-order valence-corrected chi connectivity index (χ2v) is 7.53. The van der Waals surface area contributed by atoms with Crippen molar-refractivity contribution in [2.45, 2.75) is 89.9 Å². The number of carbonyl (C=O) groups excluding carboxylic acids is 2. The fourth-order valence-electron chi connectivity index (χ4n) is 2.96. The van der Waals surface area contributed by atoms with Gasteiger partial charge in [0.25, 0.3) is 0 Å². The molecule has 146 valence electrons. The number of hydrogen-bond acceptors (Lipinski definition) is 2. The Labute approximate surface area is 163 Å². The summed E-state index contributed by atoms with van der Waals surface area (Å²) in [7, 11) is 0. The van der Waals surface area contributed by atoms with Gasteiger partial charge in [-0.25, -0.2) is 0 Å². The summed E-state index contributed by atoms with van der Waals surface area (Å²) in [4.78, 5) is 22.9. The number of carbonyl (C=O) groups is 2. The van der Waals surface area contributed by atoms with Gasteiger partial charge < -0.3 is 5.32 Å². The first kappa shape index (κ1) is 22.7. The van der Waals surface area contributed by atoms with Crippen LogP contribution in [0, 0.1) is 0 Å². The van der Waals surface area contributed by atoms with Crippen molar-refractivity contribution in [1.82, 2.24) is 0 Å². The molecule has 0 radical (unpaired) electrons. The fraction of sp³-hybridized carbons (Fsp3) is 0.636. The fourth-order valence-corrected chi connectivity index (χ4v) is 3.02. The van der Waals surface area contributed by atoms with Gasteiger partial charge in [-0.2, -0.15) is 0 Å². The van der Waals surface area contributed by atoms with Crippen LogP contribution in [0.4, 0.5) is 5.69 Å². The minimum Gasteiger partial charge on any atom is -0.324 e. The van der Waals surface area contributed by atoms with E-state index in [0.29, 0.717) is 5.69 Å². The minimum atomic E-state index is -1.12. The Morgan fingerprint density at radius 1 is 0.885 bits per heavy atom. The van der Waals surface area contributed by atoms with Crippen LogP contribution >= 0.6 is 11.6 Å². The highest BCUT2D eigenvalue weighted by Crippen LogP contribution is 2.15. The van der Waals surface area contributed by atoms with Crippen molar-refractivity contribution in [3.8, 4) is 0 Å². The van der Waals surface area contributed by atoms with Gasteiger partial charge in [0.05, 0.1) is 0 Å². The molecule has 0 spiro atoms. The first-order valence-corrected chi connectivity index (χ1v) is 10.5. The van der Waals surface area contributed by atoms with Gasteiger partial charge in [-0.3, -0.25) is 9.59 Å². The Hall–Kier alpha value is -1.35. The summed E-state index contributed by atoms with van der Waals surface area (Å²) in [5.41, 5.74) is 1.95. The predicted octanol–water partition coefficient (Wildman–Crippen LogP) is 6.28.